The summed E-state index contributed by atoms with van der Waals surface area (Å²) in [6.45, 7) is 1.86. The van der Waals surface area contributed by atoms with E-state index in [4.69, 9.17) is 18.0 Å². The number of halogens is 1. The largest absolute Gasteiger partial charge is 0.340 e. The van der Waals surface area contributed by atoms with Gasteiger partial charge in [-0.05, 0) is 30.7 Å². The van der Waals surface area contributed by atoms with Gasteiger partial charge in [-0.25, -0.2) is 15.0 Å². The third-order valence-electron chi connectivity index (χ3n) is 6.14. The summed E-state index contributed by atoms with van der Waals surface area (Å²) in [5.74, 6) is 2.68. The van der Waals surface area contributed by atoms with E-state index < -0.39 is 5.41 Å². The molecule has 5 heterocycles. The molecule has 0 bridgehead atoms. The second-order valence-corrected chi connectivity index (χ2v) is 8.34. The zero-order valence-corrected chi connectivity index (χ0v) is 18.0. The van der Waals surface area contributed by atoms with Gasteiger partial charge in [-0.1, -0.05) is 17.5 Å². The van der Waals surface area contributed by atoms with E-state index in [1.807, 2.05) is 0 Å². The Bertz CT molecular complexity index is 1550. The smallest absolute Gasteiger partial charge is 0.243 e. The third-order valence-corrected chi connectivity index (χ3v) is 6.38. The van der Waals surface area contributed by atoms with Gasteiger partial charge in [0.1, 0.15) is 23.1 Å². The summed E-state index contributed by atoms with van der Waals surface area (Å²) in [6, 6.07) is 5.18. The fraction of sp³-hybridized carbons (Fsp3) is 0.182. The van der Waals surface area contributed by atoms with Crippen LogP contribution in [0, 0.1) is 19.3 Å². The van der Waals surface area contributed by atoms with E-state index in [-0.39, 0.29) is 24.8 Å². The number of carbonyl (C=O) groups is 2. The predicted molar refractivity (Wildman–Crippen MR) is 120 cm³/mol. The van der Waals surface area contributed by atoms with Crippen molar-refractivity contribution in [3.05, 3.63) is 52.7 Å². The highest BCUT2D eigenvalue weighted by molar-refractivity contribution is 6.31. The number of terminal acetylenes is 1. The van der Waals surface area contributed by atoms with Crippen LogP contribution >= 0.6 is 11.6 Å². The first-order valence-corrected chi connectivity index (χ1v) is 10.4. The number of nitrogens with one attached hydrogen (secondary N) is 2. The molecule has 33 heavy (non-hydrogen) atoms. The average molecular weight is 459 g/mol. The number of amides is 2. The number of hydrogen-bond donors (Lipinski definition) is 2. The zero-order valence-electron chi connectivity index (χ0n) is 17.3. The number of carbonyl (C=O) groups excluding carboxylic acids is 2. The van der Waals surface area contributed by atoms with Gasteiger partial charge in [0, 0.05) is 22.7 Å². The molecule has 4 aromatic rings. The van der Waals surface area contributed by atoms with Crippen LogP contribution in [0.1, 0.15) is 23.2 Å². The summed E-state index contributed by atoms with van der Waals surface area (Å²) in [7, 11) is 0. The molecular weight excluding hydrogens is 444 g/mol. The maximum Gasteiger partial charge on any atom is 0.243 e. The van der Waals surface area contributed by atoms with Gasteiger partial charge in [-0.3, -0.25) is 14.5 Å². The highest BCUT2D eigenvalue weighted by Crippen LogP contribution is 2.54. The van der Waals surface area contributed by atoms with Gasteiger partial charge in [-0.15, -0.1) is 6.42 Å². The number of benzene rings is 1. The maximum atomic E-state index is 13.9. The molecule has 2 N–H and O–H groups in total. The van der Waals surface area contributed by atoms with Crippen LogP contribution in [0.15, 0.2) is 30.9 Å². The molecule has 1 aromatic carbocycles. The Morgan fingerprint density at radius 1 is 1.27 bits per heavy atom. The normalized spacial score (nSPS) is 19.0. The fourth-order valence-corrected chi connectivity index (χ4v) is 5.10. The summed E-state index contributed by atoms with van der Waals surface area (Å²) >= 11 is 6.34. The first kappa shape index (κ1) is 19.5. The third kappa shape index (κ3) is 2.45. The van der Waals surface area contributed by atoms with Crippen LogP contribution in [0.3, 0.4) is 0 Å². The molecule has 0 saturated carbocycles. The van der Waals surface area contributed by atoms with E-state index in [1.54, 1.807) is 25.1 Å². The SMILES string of the molecule is C#CCN1C(=O)C2(CC(=O)Nc3c2c(C)nn3-c2ncnc3nc[nH]c23)c2cc(Cl)ccc21. The van der Waals surface area contributed by atoms with E-state index in [1.165, 1.54) is 22.2 Å². The number of aryl methyl sites for hydroxylation is 1. The van der Waals surface area contributed by atoms with Gasteiger partial charge >= 0.3 is 0 Å². The molecule has 2 amide bonds. The number of fused-ring (bicyclic) bond motifs is 5. The number of aromatic nitrogens is 6. The van der Waals surface area contributed by atoms with E-state index in [0.717, 1.165) is 0 Å². The van der Waals surface area contributed by atoms with Crippen LogP contribution in [0.25, 0.3) is 17.0 Å². The molecule has 0 radical (unpaired) electrons. The number of rotatable bonds is 2. The topological polar surface area (TPSA) is 122 Å². The van der Waals surface area contributed by atoms with Crippen molar-refractivity contribution >= 4 is 46.1 Å². The van der Waals surface area contributed by atoms with Crippen LogP contribution in [-0.2, 0) is 15.0 Å². The summed E-state index contributed by atoms with van der Waals surface area (Å²) in [6.07, 6.45) is 8.34. The van der Waals surface area contributed by atoms with Gasteiger partial charge in [0.05, 0.1) is 18.6 Å². The van der Waals surface area contributed by atoms with Gasteiger partial charge in [0.25, 0.3) is 0 Å². The van der Waals surface area contributed by atoms with Crippen molar-refractivity contribution in [2.24, 2.45) is 0 Å². The van der Waals surface area contributed by atoms with Crippen LogP contribution in [-0.4, -0.2) is 48.1 Å². The standard InChI is InChI=1S/C22H15ClN8O2/c1-3-6-30-14-5-4-12(23)7-13(14)22(21(30)33)8-15(32)28-19-16(22)11(2)29-31(19)20-17-18(25-9-24-17)26-10-27-20/h1,4-5,7,9-10H,6,8H2,2H3,(H,28,32)(H,24,25,26,27). The lowest BCUT2D eigenvalue weighted by Gasteiger charge is -2.33. The number of H-pyrrole nitrogens is 1. The summed E-state index contributed by atoms with van der Waals surface area (Å²) in [5.41, 5.74) is 2.10. The highest BCUT2D eigenvalue weighted by atomic mass is 35.5. The molecular formula is C22H15ClN8O2. The Morgan fingerprint density at radius 2 is 2.12 bits per heavy atom. The van der Waals surface area contributed by atoms with Crippen molar-refractivity contribution in [1.82, 2.24) is 29.7 Å². The molecule has 1 unspecified atom stereocenters. The molecule has 6 rings (SSSR count). The van der Waals surface area contributed by atoms with Crippen LogP contribution < -0.4 is 10.2 Å². The number of hydrogen-bond acceptors (Lipinski definition) is 6. The van der Waals surface area contributed by atoms with Crippen molar-refractivity contribution in [2.75, 3.05) is 16.8 Å². The lowest BCUT2D eigenvalue weighted by Crippen LogP contribution is -2.47. The quantitative estimate of drug-likeness (QED) is 0.444. The Morgan fingerprint density at radius 3 is 2.94 bits per heavy atom. The number of nitrogens with zero attached hydrogens (tertiary/aromatic N) is 6. The van der Waals surface area contributed by atoms with Gasteiger partial charge in [0.15, 0.2) is 11.5 Å². The van der Waals surface area contributed by atoms with Crippen molar-refractivity contribution in [2.45, 2.75) is 18.8 Å². The predicted octanol–water partition coefficient (Wildman–Crippen LogP) is 2.11. The minimum Gasteiger partial charge on any atom is -0.340 e. The van der Waals surface area contributed by atoms with Crippen molar-refractivity contribution in [3.8, 4) is 18.2 Å². The number of imidazole rings is 1. The van der Waals surface area contributed by atoms with E-state index in [2.05, 4.69) is 36.3 Å². The average Bonchev–Trinajstić information content (AvgIpc) is 3.46. The molecule has 162 valence electrons. The fourth-order valence-electron chi connectivity index (χ4n) is 4.93. The molecule has 0 fully saturated rings. The monoisotopic (exact) mass is 458 g/mol. The number of anilines is 2. The van der Waals surface area contributed by atoms with Gasteiger partial charge in [-0.2, -0.15) is 9.78 Å². The Labute approximate surface area is 192 Å². The zero-order chi connectivity index (χ0) is 22.9. The van der Waals surface area contributed by atoms with Crippen molar-refractivity contribution in [3.63, 3.8) is 0 Å². The van der Waals surface area contributed by atoms with Crippen LogP contribution in [0.2, 0.25) is 5.02 Å². The first-order chi connectivity index (χ1) is 16.0. The molecule has 1 atom stereocenters. The lowest BCUT2D eigenvalue weighted by atomic mass is 9.70. The minimum absolute atomic E-state index is 0.0695. The molecule has 1 spiro atoms. The summed E-state index contributed by atoms with van der Waals surface area (Å²) < 4.78 is 1.51. The molecule has 10 nitrogen and oxygen atoms in total. The van der Waals surface area contributed by atoms with E-state index in [9.17, 15) is 9.59 Å². The van der Waals surface area contributed by atoms with E-state index >= 15 is 0 Å². The summed E-state index contributed by atoms with van der Waals surface area (Å²) in [5, 5.41) is 8.01. The molecule has 2 aliphatic rings. The Balaban J connectivity index is 1.67. The number of aromatic amines is 1. The van der Waals surface area contributed by atoms with E-state index in [0.29, 0.717) is 50.3 Å². The molecule has 0 saturated heterocycles. The van der Waals surface area contributed by atoms with Gasteiger partial charge < -0.3 is 10.3 Å². The summed E-state index contributed by atoms with van der Waals surface area (Å²) in [4.78, 5) is 44.2. The first-order valence-electron chi connectivity index (χ1n) is 10.1. The Hall–Kier alpha value is -4.23. The van der Waals surface area contributed by atoms with Crippen LogP contribution in [0.5, 0.6) is 0 Å². The molecule has 2 aliphatic heterocycles. The second kappa shape index (κ2) is 6.63. The highest BCUT2D eigenvalue weighted by Gasteiger charge is 2.58. The maximum absolute atomic E-state index is 13.9. The minimum atomic E-state index is -1.31. The lowest BCUT2D eigenvalue weighted by molar-refractivity contribution is -0.126. The van der Waals surface area contributed by atoms with Crippen molar-refractivity contribution in [1.29, 1.82) is 0 Å². The molecule has 11 heteroatoms. The Kier molecular flexibility index (Phi) is 3.91. The van der Waals surface area contributed by atoms with Gasteiger partial charge in [0.2, 0.25) is 11.8 Å². The van der Waals surface area contributed by atoms with Crippen LogP contribution in [0.4, 0.5) is 11.5 Å². The molecule has 0 aliphatic carbocycles. The molecule has 3 aromatic heterocycles. The van der Waals surface area contributed by atoms with Crippen molar-refractivity contribution < 1.29 is 9.59 Å². The second-order valence-electron chi connectivity index (χ2n) is 7.91.